The second-order valence-electron chi connectivity index (χ2n) is 3.64. The van der Waals surface area contributed by atoms with E-state index in [1.807, 2.05) is 0 Å². The molecule has 0 amide bonds. The highest BCUT2D eigenvalue weighted by atomic mass is 16.5. The molecular formula is C10H17NO2. The van der Waals surface area contributed by atoms with Gasteiger partial charge in [0.2, 0.25) is 0 Å². The lowest BCUT2D eigenvalue weighted by atomic mass is 9.89. The zero-order valence-corrected chi connectivity index (χ0v) is 8.21. The van der Waals surface area contributed by atoms with E-state index in [9.17, 15) is 0 Å². The Morgan fingerprint density at radius 1 is 1.31 bits per heavy atom. The van der Waals surface area contributed by atoms with Crippen LogP contribution in [0.25, 0.3) is 0 Å². The molecule has 1 rings (SSSR count). The molecule has 74 valence electrons. The number of nitrogens with zero attached hydrogens (tertiary/aromatic N) is 1. The Balaban J connectivity index is 2.21. The lowest BCUT2D eigenvalue weighted by molar-refractivity contribution is 0.0356. The fourth-order valence-corrected chi connectivity index (χ4v) is 1.75. The van der Waals surface area contributed by atoms with Crippen LogP contribution in [0.2, 0.25) is 0 Å². The molecule has 1 aliphatic carbocycles. The highest BCUT2D eigenvalue weighted by Gasteiger charge is 2.33. The van der Waals surface area contributed by atoms with Gasteiger partial charge in [-0.15, -0.1) is 0 Å². The van der Waals surface area contributed by atoms with Gasteiger partial charge in [-0.25, -0.2) is 0 Å². The van der Waals surface area contributed by atoms with Crippen molar-refractivity contribution in [3.63, 3.8) is 0 Å². The summed E-state index contributed by atoms with van der Waals surface area (Å²) in [5.41, 5.74) is -0.187. The van der Waals surface area contributed by atoms with Gasteiger partial charge in [0.05, 0.1) is 31.3 Å². The van der Waals surface area contributed by atoms with E-state index in [0.717, 1.165) is 12.8 Å². The predicted molar refractivity (Wildman–Crippen MR) is 49.2 cm³/mol. The van der Waals surface area contributed by atoms with Crippen molar-refractivity contribution in [2.24, 2.45) is 5.41 Å². The van der Waals surface area contributed by atoms with Crippen LogP contribution in [0.1, 0.15) is 25.7 Å². The molecule has 0 atom stereocenters. The lowest BCUT2D eigenvalue weighted by Crippen LogP contribution is -2.22. The molecule has 13 heavy (non-hydrogen) atoms. The molecular weight excluding hydrogens is 166 g/mol. The third-order valence-corrected chi connectivity index (χ3v) is 2.61. The zero-order valence-electron chi connectivity index (χ0n) is 8.21. The highest BCUT2D eigenvalue weighted by molar-refractivity contribution is 5.01. The largest absolute Gasteiger partial charge is 0.382 e. The van der Waals surface area contributed by atoms with E-state index in [0.29, 0.717) is 19.8 Å². The van der Waals surface area contributed by atoms with Crippen molar-refractivity contribution in [1.29, 1.82) is 5.26 Å². The van der Waals surface area contributed by atoms with Crippen LogP contribution >= 0.6 is 0 Å². The number of rotatable bonds is 5. The van der Waals surface area contributed by atoms with Gasteiger partial charge in [-0.2, -0.15) is 5.26 Å². The van der Waals surface area contributed by atoms with Crippen molar-refractivity contribution in [1.82, 2.24) is 0 Å². The first-order valence-electron chi connectivity index (χ1n) is 4.81. The summed E-state index contributed by atoms with van der Waals surface area (Å²) >= 11 is 0. The molecule has 0 spiro atoms. The highest BCUT2D eigenvalue weighted by Crippen LogP contribution is 2.37. The van der Waals surface area contributed by atoms with Gasteiger partial charge in [0.1, 0.15) is 0 Å². The average molecular weight is 183 g/mol. The average Bonchev–Trinajstić information content (AvgIpc) is 2.62. The minimum absolute atomic E-state index is 0.187. The summed E-state index contributed by atoms with van der Waals surface area (Å²) in [7, 11) is 1.65. The van der Waals surface area contributed by atoms with Gasteiger partial charge in [0, 0.05) is 7.11 Å². The van der Waals surface area contributed by atoms with E-state index in [4.69, 9.17) is 14.7 Å². The lowest BCUT2D eigenvalue weighted by Gasteiger charge is -2.19. The predicted octanol–water partition coefficient (Wildman–Crippen LogP) is 1.73. The van der Waals surface area contributed by atoms with Crippen LogP contribution in [0.4, 0.5) is 0 Å². The molecule has 1 saturated carbocycles. The van der Waals surface area contributed by atoms with Crippen LogP contribution in [0, 0.1) is 16.7 Å². The number of hydrogen-bond acceptors (Lipinski definition) is 3. The molecule has 1 fully saturated rings. The molecule has 0 aromatic carbocycles. The van der Waals surface area contributed by atoms with Gasteiger partial charge < -0.3 is 9.47 Å². The Morgan fingerprint density at radius 2 is 2.00 bits per heavy atom. The van der Waals surface area contributed by atoms with E-state index in [1.54, 1.807) is 7.11 Å². The summed E-state index contributed by atoms with van der Waals surface area (Å²) in [5.74, 6) is 0. The maximum Gasteiger partial charge on any atom is 0.0807 e. The van der Waals surface area contributed by atoms with Crippen molar-refractivity contribution in [2.45, 2.75) is 25.7 Å². The van der Waals surface area contributed by atoms with Crippen molar-refractivity contribution in [3.8, 4) is 6.07 Å². The van der Waals surface area contributed by atoms with Crippen molar-refractivity contribution in [3.05, 3.63) is 0 Å². The van der Waals surface area contributed by atoms with Crippen LogP contribution in [0.15, 0.2) is 0 Å². The van der Waals surface area contributed by atoms with Crippen molar-refractivity contribution >= 4 is 0 Å². The second-order valence-corrected chi connectivity index (χ2v) is 3.64. The molecule has 0 aromatic heterocycles. The summed E-state index contributed by atoms with van der Waals surface area (Å²) < 4.78 is 10.3. The topological polar surface area (TPSA) is 42.2 Å². The Kier molecular flexibility index (Phi) is 4.20. The molecule has 0 saturated heterocycles. The second kappa shape index (κ2) is 5.21. The molecule has 0 bridgehead atoms. The first-order chi connectivity index (χ1) is 6.33. The molecule has 0 aliphatic heterocycles. The maximum absolute atomic E-state index is 9.01. The molecule has 3 heteroatoms. The Morgan fingerprint density at radius 3 is 2.54 bits per heavy atom. The summed E-state index contributed by atoms with van der Waals surface area (Å²) in [6.07, 6.45) is 4.33. The number of nitriles is 1. The number of hydrogen-bond donors (Lipinski definition) is 0. The maximum atomic E-state index is 9.01. The van der Waals surface area contributed by atoms with Crippen LogP contribution in [0.3, 0.4) is 0 Å². The Labute approximate surface area is 79.6 Å². The van der Waals surface area contributed by atoms with E-state index in [1.165, 1.54) is 12.8 Å². The first-order valence-corrected chi connectivity index (χ1v) is 4.81. The molecule has 0 N–H and O–H groups in total. The SMILES string of the molecule is COCCOCC1(C#N)CCCC1. The summed E-state index contributed by atoms with van der Waals surface area (Å²) in [6, 6.07) is 2.39. The molecule has 0 aromatic rings. The monoisotopic (exact) mass is 183 g/mol. The van der Waals surface area contributed by atoms with Crippen LogP contribution in [-0.2, 0) is 9.47 Å². The van der Waals surface area contributed by atoms with Gasteiger partial charge >= 0.3 is 0 Å². The van der Waals surface area contributed by atoms with E-state index in [-0.39, 0.29) is 5.41 Å². The molecule has 3 nitrogen and oxygen atoms in total. The number of methoxy groups -OCH3 is 1. The fraction of sp³-hybridized carbons (Fsp3) is 0.900. The Bertz CT molecular complexity index is 180. The van der Waals surface area contributed by atoms with Crippen molar-refractivity contribution < 1.29 is 9.47 Å². The van der Waals surface area contributed by atoms with Gasteiger partial charge in [0.25, 0.3) is 0 Å². The van der Waals surface area contributed by atoms with E-state index < -0.39 is 0 Å². The third kappa shape index (κ3) is 2.98. The van der Waals surface area contributed by atoms with Crippen LogP contribution in [-0.4, -0.2) is 26.9 Å². The molecule has 0 heterocycles. The molecule has 0 radical (unpaired) electrons. The van der Waals surface area contributed by atoms with Gasteiger partial charge in [-0.1, -0.05) is 12.8 Å². The van der Waals surface area contributed by atoms with Crippen molar-refractivity contribution in [2.75, 3.05) is 26.9 Å². The normalized spacial score (nSPS) is 20.0. The zero-order chi connectivity index (χ0) is 9.57. The third-order valence-electron chi connectivity index (χ3n) is 2.61. The smallest absolute Gasteiger partial charge is 0.0807 e. The van der Waals surface area contributed by atoms with E-state index >= 15 is 0 Å². The minimum atomic E-state index is -0.187. The van der Waals surface area contributed by atoms with Gasteiger partial charge in [-0.3, -0.25) is 0 Å². The molecule has 1 aliphatic rings. The number of ether oxygens (including phenoxy) is 2. The summed E-state index contributed by atoms with van der Waals surface area (Å²) in [5, 5.41) is 9.01. The quantitative estimate of drug-likeness (QED) is 0.609. The van der Waals surface area contributed by atoms with Crippen LogP contribution in [0.5, 0.6) is 0 Å². The van der Waals surface area contributed by atoms with Gasteiger partial charge in [-0.05, 0) is 12.8 Å². The van der Waals surface area contributed by atoms with Gasteiger partial charge in [0.15, 0.2) is 0 Å². The summed E-state index contributed by atoms with van der Waals surface area (Å²) in [4.78, 5) is 0. The summed E-state index contributed by atoms with van der Waals surface area (Å²) in [6.45, 7) is 1.79. The first kappa shape index (κ1) is 10.5. The molecule has 0 unspecified atom stereocenters. The van der Waals surface area contributed by atoms with E-state index in [2.05, 4.69) is 6.07 Å². The Hall–Kier alpha value is -0.590. The minimum Gasteiger partial charge on any atom is -0.382 e. The fourth-order valence-electron chi connectivity index (χ4n) is 1.75. The van der Waals surface area contributed by atoms with Crippen LogP contribution < -0.4 is 0 Å². The standard InChI is InChI=1S/C10H17NO2/c1-12-6-7-13-9-10(8-11)4-2-3-5-10/h2-7,9H2,1H3.